The molecule has 0 aliphatic rings. The van der Waals surface area contributed by atoms with Crippen LogP contribution in [0.4, 0.5) is 4.39 Å². The quantitative estimate of drug-likeness (QED) is 0.296. The molecule has 5 rings (SSSR count). The third-order valence-corrected chi connectivity index (χ3v) is 5.79. The lowest BCUT2D eigenvalue weighted by molar-refractivity contribution is -0.123. The molecule has 0 aliphatic heterocycles. The van der Waals surface area contributed by atoms with Crippen LogP contribution in [0.1, 0.15) is 11.1 Å². The van der Waals surface area contributed by atoms with Crippen molar-refractivity contribution in [2.75, 3.05) is 13.2 Å². The number of fused-ring (bicyclic) bond motifs is 4. The molecule has 33 heavy (non-hydrogen) atoms. The van der Waals surface area contributed by atoms with Crippen LogP contribution >= 0.6 is 0 Å². The summed E-state index contributed by atoms with van der Waals surface area (Å²) in [5.41, 5.74) is 2.48. The van der Waals surface area contributed by atoms with E-state index in [1.807, 2.05) is 24.4 Å². The molecule has 2 heterocycles. The topological polar surface area (TPSA) is 84.3 Å². The maximum atomic E-state index is 13.5. The molecule has 166 valence electrons. The van der Waals surface area contributed by atoms with E-state index >= 15 is 0 Å². The van der Waals surface area contributed by atoms with Crippen molar-refractivity contribution in [2.24, 2.45) is 0 Å². The van der Waals surface area contributed by atoms with Crippen LogP contribution in [0.25, 0.3) is 32.6 Å². The van der Waals surface area contributed by atoms with Gasteiger partial charge >= 0.3 is 5.63 Å². The highest BCUT2D eigenvalue weighted by Crippen LogP contribution is 2.30. The van der Waals surface area contributed by atoms with Crippen LogP contribution in [-0.4, -0.2) is 24.0 Å². The largest absolute Gasteiger partial charge is 0.483 e. The van der Waals surface area contributed by atoms with Crippen LogP contribution in [0, 0.1) is 12.7 Å². The Kier molecular flexibility index (Phi) is 5.30. The number of hydrogen-bond donors (Lipinski definition) is 2. The van der Waals surface area contributed by atoms with E-state index in [1.54, 1.807) is 31.2 Å². The monoisotopic (exact) mass is 444 g/mol. The number of rotatable bonds is 6. The molecule has 2 aromatic heterocycles. The standard InChI is InChI=1S/C26H21FN2O4/c1-15-23(9-7-19-18-4-2-3-5-20(18)26(31)33-25(15)19)32-14-24(30)28-11-10-16-13-29-22-8-6-17(27)12-21(16)22/h2-9,12-13,29H,10-11,14H2,1H3,(H,28,30). The molecule has 0 aliphatic carbocycles. The van der Waals surface area contributed by atoms with Gasteiger partial charge in [-0.25, -0.2) is 9.18 Å². The first-order valence-corrected chi connectivity index (χ1v) is 10.6. The van der Waals surface area contributed by atoms with Gasteiger partial charge in [-0.2, -0.15) is 0 Å². The lowest BCUT2D eigenvalue weighted by Crippen LogP contribution is -2.30. The van der Waals surface area contributed by atoms with Crippen molar-refractivity contribution in [1.29, 1.82) is 0 Å². The minimum atomic E-state index is -0.409. The average molecular weight is 444 g/mol. The average Bonchev–Trinajstić information content (AvgIpc) is 3.21. The molecular formula is C26H21FN2O4. The van der Waals surface area contributed by atoms with Gasteiger partial charge < -0.3 is 19.5 Å². The molecular weight excluding hydrogens is 423 g/mol. The Hall–Kier alpha value is -4.13. The SMILES string of the molecule is Cc1c(OCC(=O)NCCc2c[nH]c3ccc(F)cc23)ccc2c1oc(=O)c1ccccc12. The third kappa shape index (κ3) is 3.93. The number of carbonyl (C=O) groups excluding carboxylic acids is 1. The summed E-state index contributed by atoms with van der Waals surface area (Å²) >= 11 is 0. The molecule has 3 aromatic carbocycles. The van der Waals surface area contributed by atoms with Crippen LogP contribution in [0.2, 0.25) is 0 Å². The summed E-state index contributed by atoms with van der Waals surface area (Å²) in [6, 6.07) is 15.5. The van der Waals surface area contributed by atoms with Crippen molar-refractivity contribution in [3.63, 3.8) is 0 Å². The van der Waals surface area contributed by atoms with Gasteiger partial charge in [0, 0.05) is 34.6 Å². The minimum Gasteiger partial charge on any atom is -0.483 e. The Bertz CT molecular complexity index is 1570. The maximum Gasteiger partial charge on any atom is 0.344 e. The summed E-state index contributed by atoms with van der Waals surface area (Å²) in [4.78, 5) is 27.7. The van der Waals surface area contributed by atoms with Crippen molar-refractivity contribution in [2.45, 2.75) is 13.3 Å². The fourth-order valence-corrected chi connectivity index (χ4v) is 4.11. The van der Waals surface area contributed by atoms with Gasteiger partial charge in [0.1, 0.15) is 17.1 Å². The molecule has 0 bridgehead atoms. The summed E-state index contributed by atoms with van der Waals surface area (Å²) in [6.07, 6.45) is 2.38. The number of benzene rings is 3. The summed E-state index contributed by atoms with van der Waals surface area (Å²) in [5, 5.41) is 5.77. The van der Waals surface area contributed by atoms with E-state index in [-0.39, 0.29) is 18.3 Å². The zero-order valence-corrected chi connectivity index (χ0v) is 17.9. The van der Waals surface area contributed by atoms with Gasteiger partial charge in [-0.05, 0) is 60.7 Å². The van der Waals surface area contributed by atoms with E-state index in [2.05, 4.69) is 10.3 Å². The molecule has 0 fully saturated rings. The molecule has 0 spiro atoms. The first-order chi connectivity index (χ1) is 16.0. The van der Waals surface area contributed by atoms with E-state index in [4.69, 9.17) is 9.15 Å². The number of carbonyl (C=O) groups is 1. The first-order valence-electron chi connectivity index (χ1n) is 10.6. The fraction of sp³-hybridized carbons (Fsp3) is 0.154. The predicted octanol–water partition coefficient (Wildman–Crippen LogP) is 4.61. The van der Waals surface area contributed by atoms with Gasteiger partial charge in [0.05, 0.1) is 5.39 Å². The van der Waals surface area contributed by atoms with Crippen molar-refractivity contribution in [1.82, 2.24) is 10.3 Å². The van der Waals surface area contributed by atoms with Gasteiger partial charge in [-0.1, -0.05) is 18.2 Å². The van der Waals surface area contributed by atoms with E-state index in [0.717, 1.165) is 27.2 Å². The van der Waals surface area contributed by atoms with Crippen molar-refractivity contribution in [3.05, 3.63) is 88.2 Å². The number of hydrogen-bond acceptors (Lipinski definition) is 4. The van der Waals surface area contributed by atoms with E-state index < -0.39 is 5.63 Å². The second-order valence-corrected chi connectivity index (χ2v) is 7.89. The summed E-state index contributed by atoms with van der Waals surface area (Å²) in [6.45, 7) is 2.01. The molecule has 0 saturated heterocycles. The third-order valence-electron chi connectivity index (χ3n) is 5.79. The zero-order chi connectivity index (χ0) is 22.9. The Labute approximate surface area is 188 Å². The van der Waals surface area contributed by atoms with Gasteiger partial charge in [0.15, 0.2) is 6.61 Å². The highest BCUT2D eigenvalue weighted by atomic mass is 19.1. The van der Waals surface area contributed by atoms with Crippen LogP contribution < -0.4 is 15.7 Å². The van der Waals surface area contributed by atoms with E-state index in [9.17, 15) is 14.0 Å². The van der Waals surface area contributed by atoms with Crippen LogP contribution in [0.5, 0.6) is 5.75 Å². The zero-order valence-electron chi connectivity index (χ0n) is 17.9. The highest BCUT2D eigenvalue weighted by Gasteiger charge is 2.13. The number of H-pyrrole nitrogens is 1. The van der Waals surface area contributed by atoms with Crippen LogP contribution in [0.3, 0.4) is 0 Å². The maximum absolute atomic E-state index is 13.5. The molecule has 0 radical (unpaired) electrons. The fourth-order valence-electron chi connectivity index (χ4n) is 4.11. The Balaban J connectivity index is 1.25. The lowest BCUT2D eigenvalue weighted by atomic mass is 10.0. The van der Waals surface area contributed by atoms with Gasteiger partial charge in [-0.15, -0.1) is 0 Å². The van der Waals surface area contributed by atoms with Crippen LogP contribution in [-0.2, 0) is 11.2 Å². The van der Waals surface area contributed by atoms with Gasteiger partial charge in [-0.3, -0.25) is 4.79 Å². The van der Waals surface area contributed by atoms with Crippen molar-refractivity contribution in [3.8, 4) is 5.75 Å². The number of aryl methyl sites for hydroxylation is 1. The highest BCUT2D eigenvalue weighted by molar-refractivity contribution is 6.05. The predicted molar refractivity (Wildman–Crippen MR) is 125 cm³/mol. The minimum absolute atomic E-state index is 0.174. The lowest BCUT2D eigenvalue weighted by Gasteiger charge is -2.12. The second kappa shape index (κ2) is 8.43. The summed E-state index contributed by atoms with van der Waals surface area (Å²) < 4.78 is 24.8. The number of halogens is 1. The Morgan fingerprint density at radius 3 is 2.73 bits per heavy atom. The number of aromatic amines is 1. The van der Waals surface area contributed by atoms with Gasteiger partial charge in [0.25, 0.3) is 5.91 Å². The van der Waals surface area contributed by atoms with E-state index in [1.165, 1.54) is 12.1 Å². The van der Waals surface area contributed by atoms with Crippen LogP contribution in [0.15, 0.2) is 70.0 Å². The van der Waals surface area contributed by atoms with Crippen molar-refractivity contribution < 1.29 is 18.3 Å². The number of ether oxygens (including phenoxy) is 1. The molecule has 0 saturated carbocycles. The second-order valence-electron chi connectivity index (χ2n) is 7.89. The summed E-state index contributed by atoms with van der Waals surface area (Å²) in [7, 11) is 0. The molecule has 5 aromatic rings. The molecule has 2 N–H and O–H groups in total. The summed E-state index contributed by atoms with van der Waals surface area (Å²) in [5.74, 6) is -0.0981. The molecule has 6 nitrogen and oxygen atoms in total. The smallest absolute Gasteiger partial charge is 0.344 e. The van der Waals surface area contributed by atoms with Crippen molar-refractivity contribution >= 4 is 38.6 Å². The number of amides is 1. The molecule has 1 amide bonds. The van der Waals surface area contributed by atoms with E-state index in [0.29, 0.717) is 35.2 Å². The first kappa shape index (κ1) is 20.8. The number of nitrogens with one attached hydrogen (secondary N) is 2. The number of aromatic nitrogens is 1. The molecule has 0 atom stereocenters. The van der Waals surface area contributed by atoms with Gasteiger partial charge in [0.2, 0.25) is 0 Å². The molecule has 0 unspecified atom stereocenters. The normalized spacial score (nSPS) is 11.3. The Morgan fingerprint density at radius 2 is 1.88 bits per heavy atom. The molecule has 7 heteroatoms. The Morgan fingerprint density at radius 1 is 1.06 bits per heavy atom.